The summed E-state index contributed by atoms with van der Waals surface area (Å²) in [4.78, 5) is 0. The molecule has 0 fully saturated rings. The number of nitrogens with two attached hydrogens (primary N) is 2. The van der Waals surface area contributed by atoms with E-state index in [2.05, 4.69) is 6.07 Å². The summed E-state index contributed by atoms with van der Waals surface area (Å²) in [7, 11) is 0. The van der Waals surface area contributed by atoms with Crippen LogP contribution in [-0.2, 0) is 0 Å². The fourth-order valence-electron chi connectivity index (χ4n) is 2.03. The molecule has 0 aliphatic heterocycles. The highest BCUT2D eigenvalue weighted by Crippen LogP contribution is 2.30. The molecule has 0 amide bonds. The maximum Gasteiger partial charge on any atom is 0.127 e. The molecule has 0 bridgehead atoms. The molecule has 0 saturated carbocycles. The van der Waals surface area contributed by atoms with Gasteiger partial charge in [0, 0.05) is 18.0 Å². The lowest BCUT2D eigenvalue weighted by atomic mass is 9.98. The van der Waals surface area contributed by atoms with Crippen LogP contribution in [0.2, 0.25) is 0 Å². The van der Waals surface area contributed by atoms with Gasteiger partial charge in [0.25, 0.3) is 0 Å². The molecule has 2 rings (SSSR count). The maximum atomic E-state index is 6.02. The number of benzene rings is 2. The highest BCUT2D eigenvalue weighted by molar-refractivity contribution is 5.91. The first kappa shape index (κ1) is 11.9. The van der Waals surface area contributed by atoms with Gasteiger partial charge in [0.05, 0.1) is 6.61 Å². The molecule has 0 aromatic heterocycles. The van der Waals surface area contributed by atoms with E-state index in [9.17, 15) is 0 Å². The normalized spacial score (nSPS) is 12.6. The van der Waals surface area contributed by atoms with Crippen LogP contribution in [0.3, 0.4) is 0 Å². The standard InChI is InChI=1S/C14H18N2O/c1-2-17-14-8-7-11(13(16)9-15)10-5-3-4-6-12(10)14/h3-8,13H,2,9,15-16H2,1H3. The average molecular weight is 230 g/mol. The van der Waals surface area contributed by atoms with Gasteiger partial charge in [0.1, 0.15) is 5.75 Å². The van der Waals surface area contributed by atoms with Gasteiger partial charge >= 0.3 is 0 Å². The second-order valence-electron chi connectivity index (χ2n) is 3.97. The van der Waals surface area contributed by atoms with Crippen LogP contribution < -0.4 is 16.2 Å². The molecule has 90 valence electrons. The molecular weight excluding hydrogens is 212 g/mol. The van der Waals surface area contributed by atoms with Gasteiger partial charge in [-0.25, -0.2) is 0 Å². The molecule has 2 aromatic rings. The summed E-state index contributed by atoms with van der Waals surface area (Å²) in [5.74, 6) is 0.899. The summed E-state index contributed by atoms with van der Waals surface area (Å²) < 4.78 is 5.62. The lowest BCUT2D eigenvalue weighted by Gasteiger charge is -2.15. The lowest BCUT2D eigenvalue weighted by molar-refractivity contribution is 0.344. The first-order chi connectivity index (χ1) is 8.27. The van der Waals surface area contributed by atoms with Crippen molar-refractivity contribution in [2.75, 3.05) is 13.2 Å². The third kappa shape index (κ3) is 2.25. The Bertz CT molecular complexity index is 511. The van der Waals surface area contributed by atoms with Crippen LogP contribution >= 0.6 is 0 Å². The van der Waals surface area contributed by atoms with Crippen molar-refractivity contribution in [3.63, 3.8) is 0 Å². The van der Waals surface area contributed by atoms with Crippen LogP contribution in [0.15, 0.2) is 36.4 Å². The Hall–Kier alpha value is -1.58. The van der Waals surface area contributed by atoms with E-state index >= 15 is 0 Å². The van der Waals surface area contributed by atoms with Crippen molar-refractivity contribution in [3.8, 4) is 5.75 Å². The molecule has 0 radical (unpaired) electrons. The van der Waals surface area contributed by atoms with Crippen molar-refractivity contribution in [2.45, 2.75) is 13.0 Å². The van der Waals surface area contributed by atoms with E-state index in [1.807, 2.05) is 37.3 Å². The van der Waals surface area contributed by atoms with E-state index in [1.54, 1.807) is 0 Å². The van der Waals surface area contributed by atoms with Crippen LogP contribution in [-0.4, -0.2) is 13.2 Å². The molecule has 0 saturated heterocycles. The fourth-order valence-corrected chi connectivity index (χ4v) is 2.03. The summed E-state index contributed by atoms with van der Waals surface area (Å²) in [5, 5.41) is 2.21. The van der Waals surface area contributed by atoms with Gasteiger partial charge < -0.3 is 16.2 Å². The summed E-state index contributed by atoms with van der Waals surface area (Å²) >= 11 is 0. The summed E-state index contributed by atoms with van der Waals surface area (Å²) in [6, 6.07) is 12.0. The molecule has 1 unspecified atom stereocenters. The van der Waals surface area contributed by atoms with E-state index in [0.717, 1.165) is 22.1 Å². The highest BCUT2D eigenvalue weighted by Gasteiger charge is 2.10. The van der Waals surface area contributed by atoms with Crippen molar-refractivity contribution >= 4 is 10.8 Å². The van der Waals surface area contributed by atoms with Crippen molar-refractivity contribution in [2.24, 2.45) is 11.5 Å². The molecular formula is C14H18N2O. The van der Waals surface area contributed by atoms with Gasteiger partial charge in [0.2, 0.25) is 0 Å². The Kier molecular flexibility index (Phi) is 3.61. The Morgan fingerprint density at radius 1 is 1.12 bits per heavy atom. The van der Waals surface area contributed by atoms with Crippen LogP contribution in [0.5, 0.6) is 5.75 Å². The second kappa shape index (κ2) is 5.17. The Morgan fingerprint density at radius 2 is 1.82 bits per heavy atom. The van der Waals surface area contributed by atoms with Crippen molar-refractivity contribution in [3.05, 3.63) is 42.0 Å². The predicted octanol–water partition coefficient (Wildman–Crippen LogP) is 2.20. The largest absolute Gasteiger partial charge is 0.493 e. The van der Waals surface area contributed by atoms with Gasteiger partial charge in [0.15, 0.2) is 0 Å². The molecule has 0 heterocycles. The van der Waals surface area contributed by atoms with Crippen molar-refractivity contribution in [1.29, 1.82) is 0 Å². The van der Waals surface area contributed by atoms with E-state index in [0.29, 0.717) is 13.2 Å². The van der Waals surface area contributed by atoms with Gasteiger partial charge in [-0.1, -0.05) is 30.3 Å². The van der Waals surface area contributed by atoms with Crippen LogP contribution in [0.25, 0.3) is 10.8 Å². The molecule has 0 spiro atoms. The minimum absolute atomic E-state index is 0.129. The number of ether oxygens (including phenoxy) is 1. The van der Waals surface area contributed by atoms with Crippen LogP contribution in [0, 0.1) is 0 Å². The molecule has 3 heteroatoms. The first-order valence-corrected chi connectivity index (χ1v) is 5.88. The number of fused-ring (bicyclic) bond motifs is 1. The third-order valence-corrected chi connectivity index (χ3v) is 2.87. The lowest BCUT2D eigenvalue weighted by Crippen LogP contribution is -2.21. The third-order valence-electron chi connectivity index (χ3n) is 2.87. The van der Waals surface area contributed by atoms with Gasteiger partial charge in [-0.05, 0) is 23.9 Å². The van der Waals surface area contributed by atoms with Crippen molar-refractivity contribution < 1.29 is 4.74 Å². The Balaban J connectivity index is 2.62. The fraction of sp³-hybridized carbons (Fsp3) is 0.286. The first-order valence-electron chi connectivity index (χ1n) is 5.88. The maximum absolute atomic E-state index is 6.02. The topological polar surface area (TPSA) is 61.3 Å². The van der Waals surface area contributed by atoms with Gasteiger partial charge in [-0.2, -0.15) is 0 Å². The van der Waals surface area contributed by atoms with Crippen LogP contribution in [0.4, 0.5) is 0 Å². The molecule has 4 N–H and O–H groups in total. The van der Waals surface area contributed by atoms with Gasteiger partial charge in [-0.15, -0.1) is 0 Å². The van der Waals surface area contributed by atoms with Crippen LogP contribution in [0.1, 0.15) is 18.5 Å². The summed E-state index contributed by atoms with van der Waals surface area (Å²) in [6.07, 6.45) is 0. The molecule has 3 nitrogen and oxygen atoms in total. The molecule has 1 atom stereocenters. The molecule has 0 aliphatic rings. The van der Waals surface area contributed by atoms with E-state index < -0.39 is 0 Å². The number of rotatable bonds is 4. The number of hydrogen-bond donors (Lipinski definition) is 2. The Morgan fingerprint density at radius 3 is 2.47 bits per heavy atom. The zero-order valence-corrected chi connectivity index (χ0v) is 10.0. The van der Waals surface area contributed by atoms with E-state index in [-0.39, 0.29) is 6.04 Å². The quantitative estimate of drug-likeness (QED) is 0.846. The molecule has 0 aliphatic carbocycles. The highest BCUT2D eigenvalue weighted by atomic mass is 16.5. The monoisotopic (exact) mass is 230 g/mol. The summed E-state index contributed by atoms with van der Waals surface area (Å²) in [6.45, 7) is 3.08. The minimum Gasteiger partial charge on any atom is -0.493 e. The minimum atomic E-state index is -0.129. The van der Waals surface area contributed by atoms with Crippen molar-refractivity contribution in [1.82, 2.24) is 0 Å². The second-order valence-corrected chi connectivity index (χ2v) is 3.97. The smallest absolute Gasteiger partial charge is 0.127 e. The molecule has 2 aromatic carbocycles. The SMILES string of the molecule is CCOc1ccc(C(N)CN)c2ccccc12. The van der Waals surface area contributed by atoms with E-state index in [4.69, 9.17) is 16.2 Å². The van der Waals surface area contributed by atoms with E-state index in [1.165, 1.54) is 0 Å². The number of hydrogen-bond acceptors (Lipinski definition) is 3. The predicted molar refractivity (Wildman–Crippen MR) is 71.1 cm³/mol. The molecule has 17 heavy (non-hydrogen) atoms. The van der Waals surface area contributed by atoms with Gasteiger partial charge in [-0.3, -0.25) is 0 Å². The zero-order chi connectivity index (χ0) is 12.3. The average Bonchev–Trinajstić information content (AvgIpc) is 2.38. The summed E-state index contributed by atoms with van der Waals surface area (Å²) in [5.41, 5.74) is 12.7. The Labute approximate surface area is 101 Å². The zero-order valence-electron chi connectivity index (χ0n) is 10.0.